The second kappa shape index (κ2) is 12.3. The Balaban J connectivity index is 0.00000320. The number of aliphatic imine (C=N–C) groups is 1. The molecule has 0 radical (unpaired) electrons. The summed E-state index contributed by atoms with van der Waals surface area (Å²) in [4.78, 5) is 13.1. The number of morpholine rings is 1. The molecule has 30 heavy (non-hydrogen) atoms. The van der Waals surface area contributed by atoms with Crippen LogP contribution in [0.1, 0.15) is 42.4 Å². The van der Waals surface area contributed by atoms with E-state index in [1.165, 1.54) is 15.6 Å². The van der Waals surface area contributed by atoms with Crippen LogP contribution in [0.5, 0.6) is 0 Å². The average molecular weight is 564 g/mol. The van der Waals surface area contributed by atoms with Crippen molar-refractivity contribution in [3.8, 4) is 0 Å². The number of ether oxygens (including phenoxy) is 1. The van der Waals surface area contributed by atoms with Crippen molar-refractivity contribution in [1.82, 2.24) is 20.5 Å². The van der Waals surface area contributed by atoms with Gasteiger partial charge in [0.1, 0.15) is 0 Å². The number of halogens is 1. The monoisotopic (exact) mass is 563 g/mol. The minimum absolute atomic E-state index is 0. The predicted molar refractivity (Wildman–Crippen MR) is 139 cm³/mol. The second-order valence-corrected chi connectivity index (χ2v) is 10.1. The number of thiophene rings is 1. The summed E-state index contributed by atoms with van der Waals surface area (Å²) in [6.45, 7) is 11.8. The van der Waals surface area contributed by atoms with E-state index in [2.05, 4.69) is 64.2 Å². The van der Waals surface area contributed by atoms with Crippen molar-refractivity contribution in [2.75, 3.05) is 46.4 Å². The minimum Gasteiger partial charge on any atom is -0.379 e. The molecule has 1 fully saturated rings. The van der Waals surface area contributed by atoms with Crippen LogP contribution in [-0.4, -0.2) is 62.3 Å². The lowest BCUT2D eigenvalue weighted by Gasteiger charge is -2.34. The van der Waals surface area contributed by atoms with Gasteiger partial charge < -0.3 is 15.4 Å². The molecule has 3 rings (SSSR count). The Kier molecular flexibility index (Phi) is 10.5. The van der Waals surface area contributed by atoms with Crippen molar-refractivity contribution in [2.45, 2.75) is 38.6 Å². The number of hydrogen-bond donors (Lipinski definition) is 2. The van der Waals surface area contributed by atoms with Crippen LogP contribution in [-0.2, 0) is 16.6 Å². The molecular weight excluding hydrogens is 529 g/mol. The van der Waals surface area contributed by atoms with Crippen LogP contribution in [0.15, 0.2) is 27.9 Å². The molecule has 0 amide bonds. The summed E-state index contributed by atoms with van der Waals surface area (Å²) in [6, 6.07) is 4.68. The Morgan fingerprint density at radius 1 is 1.27 bits per heavy atom. The van der Waals surface area contributed by atoms with Gasteiger partial charge in [-0.15, -0.1) is 46.7 Å². The van der Waals surface area contributed by atoms with E-state index in [4.69, 9.17) is 9.72 Å². The molecule has 6 nitrogen and oxygen atoms in total. The van der Waals surface area contributed by atoms with Crippen molar-refractivity contribution in [1.29, 1.82) is 0 Å². The van der Waals surface area contributed by atoms with Crippen molar-refractivity contribution in [3.63, 3.8) is 0 Å². The Bertz CT molecular complexity index is 767. The highest BCUT2D eigenvalue weighted by Gasteiger charge is 2.23. The maximum atomic E-state index is 5.53. The highest BCUT2D eigenvalue weighted by atomic mass is 127. The van der Waals surface area contributed by atoms with Crippen LogP contribution in [0.4, 0.5) is 0 Å². The van der Waals surface area contributed by atoms with E-state index in [-0.39, 0.29) is 29.4 Å². The van der Waals surface area contributed by atoms with Crippen LogP contribution < -0.4 is 10.6 Å². The van der Waals surface area contributed by atoms with Gasteiger partial charge in [0.15, 0.2) is 5.96 Å². The molecule has 9 heteroatoms. The fourth-order valence-electron chi connectivity index (χ4n) is 3.25. The first kappa shape index (κ1) is 25.5. The van der Waals surface area contributed by atoms with Crippen molar-refractivity contribution in [3.05, 3.63) is 38.5 Å². The fourth-order valence-corrected chi connectivity index (χ4v) is 5.14. The Labute approximate surface area is 205 Å². The third-order valence-electron chi connectivity index (χ3n) is 5.00. The van der Waals surface area contributed by atoms with E-state index in [1.54, 1.807) is 11.3 Å². The second-order valence-electron chi connectivity index (χ2n) is 8.19. The zero-order valence-corrected chi connectivity index (χ0v) is 22.3. The molecule has 1 aliphatic heterocycles. The Morgan fingerprint density at radius 3 is 2.63 bits per heavy atom. The third-order valence-corrected chi connectivity index (χ3v) is 6.88. The molecular formula is C21H34IN5OS2. The van der Waals surface area contributed by atoms with Crippen molar-refractivity contribution >= 4 is 52.6 Å². The highest BCUT2D eigenvalue weighted by Crippen LogP contribution is 2.25. The van der Waals surface area contributed by atoms with Crippen molar-refractivity contribution < 1.29 is 4.74 Å². The standard InChI is InChI=1S/C21H33N5OS2.HI/c1-21(2,3)18-15-29-19(25-18)7-8-23-20(22-4)24-14-16(17-6-5-13-28-17)26-9-11-27-12-10-26;/h5-6,13,15-16H,7-12,14H2,1-4H3,(H2,22,23,24);1H. The summed E-state index contributed by atoms with van der Waals surface area (Å²) in [5, 5.41) is 12.4. The SMILES string of the molecule is CN=C(NCCc1nc(C(C)(C)C)cs1)NCC(c1cccs1)N1CCOCC1.I. The van der Waals surface area contributed by atoms with Gasteiger partial charge in [-0.1, -0.05) is 26.8 Å². The average Bonchev–Trinajstić information content (AvgIpc) is 3.39. The summed E-state index contributed by atoms with van der Waals surface area (Å²) in [7, 11) is 1.82. The van der Waals surface area contributed by atoms with E-state index in [1.807, 2.05) is 18.4 Å². The van der Waals surface area contributed by atoms with Crippen LogP contribution in [0.2, 0.25) is 0 Å². The van der Waals surface area contributed by atoms with E-state index in [0.717, 1.165) is 51.8 Å². The minimum atomic E-state index is 0. The first-order valence-electron chi connectivity index (χ1n) is 10.2. The first-order valence-corrected chi connectivity index (χ1v) is 12.0. The zero-order valence-electron chi connectivity index (χ0n) is 18.3. The van der Waals surface area contributed by atoms with E-state index >= 15 is 0 Å². The van der Waals surface area contributed by atoms with Gasteiger partial charge in [-0.3, -0.25) is 9.89 Å². The van der Waals surface area contributed by atoms with Crippen LogP contribution in [0.25, 0.3) is 0 Å². The number of nitrogens with one attached hydrogen (secondary N) is 2. The fraction of sp³-hybridized carbons (Fsp3) is 0.619. The molecule has 0 aliphatic carbocycles. The number of nitrogens with zero attached hydrogens (tertiary/aromatic N) is 3. The summed E-state index contributed by atoms with van der Waals surface area (Å²) < 4.78 is 5.53. The number of thiazole rings is 1. The van der Waals surface area contributed by atoms with Crippen LogP contribution in [0.3, 0.4) is 0 Å². The molecule has 2 aromatic heterocycles. The molecule has 1 saturated heterocycles. The van der Waals surface area contributed by atoms with Gasteiger partial charge in [-0.05, 0) is 11.4 Å². The lowest BCUT2D eigenvalue weighted by Crippen LogP contribution is -2.46. The topological polar surface area (TPSA) is 61.8 Å². The molecule has 0 saturated carbocycles. The smallest absolute Gasteiger partial charge is 0.191 e. The summed E-state index contributed by atoms with van der Waals surface area (Å²) in [5.41, 5.74) is 1.28. The van der Waals surface area contributed by atoms with Gasteiger partial charge in [-0.25, -0.2) is 4.98 Å². The van der Waals surface area contributed by atoms with E-state index in [0.29, 0.717) is 6.04 Å². The lowest BCUT2D eigenvalue weighted by molar-refractivity contribution is 0.0177. The quantitative estimate of drug-likeness (QED) is 0.304. The molecule has 168 valence electrons. The number of aromatic nitrogens is 1. The molecule has 0 spiro atoms. The zero-order chi connectivity index (χ0) is 20.7. The van der Waals surface area contributed by atoms with Gasteiger partial charge in [0.05, 0.1) is 30.0 Å². The summed E-state index contributed by atoms with van der Waals surface area (Å²) in [6.07, 6.45) is 0.902. The first-order chi connectivity index (χ1) is 14.0. The lowest BCUT2D eigenvalue weighted by atomic mass is 9.93. The van der Waals surface area contributed by atoms with Gasteiger partial charge in [0.2, 0.25) is 0 Å². The molecule has 1 aliphatic rings. The summed E-state index contributed by atoms with van der Waals surface area (Å²) in [5.74, 6) is 0.840. The van der Waals surface area contributed by atoms with Crippen LogP contribution >= 0.6 is 46.7 Å². The summed E-state index contributed by atoms with van der Waals surface area (Å²) >= 11 is 3.56. The Hall–Kier alpha value is -0.750. The number of guanidine groups is 1. The third kappa shape index (κ3) is 7.44. The molecule has 1 atom stereocenters. The maximum absolute atomic E-state index is 5.53. The van der Waals surface area contributed by atoms with E-state index in [9.17, 15) is 0 Å². The van der Waals surface area contributed by atoms with Gasteiger partial charge >= 0.3 is 0 Å². The molecule has 3 heterocycles. The molecule has 0 aromatic carbocycles. The Morgan fingerprint density at radius 2 is 2.03 bits per heavy atom. The predicted octanol–water partition coefficient (Wildman–Crippen LogP) is 3.90. The molecule has 1 unspecified atom stereocenters. The largest absolute Gasteiger partial charge is 0.379 e. The number of hydrogen-bond acceptors (Lipinski definition) is 6. The highest BCUT2D eigenvalue weighted by molar-refractivity contribution is 14.0. The number of rotatable bonds is 7. The maximum Gasteiger partial charge on any atom is 0.191 e. The molecule has 0 bridgehead atoms. The van der Waals surface area contributed by atoms with Gasteiger partial charge in [0.25, 0.3) is 0 Å². The molecule has 2 N–H and O–H groups in total. The van der Waals surface area contributed by atoms with Crippen molar-refractivity contribution in [2.24, 2.45) is 4.99 Å². The van der Waals surface area contributed by atoms with E-state index < -0.39 is 0 Å². The van der Waals surface area contributed by atoms with Crippen LogP contribution in [0, 0.1) is 0 Å². The van der Waals surface area contributed by atoms with Gasteiger partial charge in [-0.2, -0.15) is 0 Å². The van der Waals surface area contributed by atoms with Gasteiger partial charge in [0, 0.05) is 55.3 Å². The molecule has 2 aromatic rings. The normalized spacial score (nSPS) is 16.7.